The Kier molecular flexibility index (Phi) is 5.42. The molecule has 3 aromatic rings. The van der Waals surface area contributed by atoms with Gasteiger partial charge in [-0.3, -0.25) is 9.59 Å². The van der Waals surface area contributed by atoms with Gasteiger partial charge in [-0.05, 0) is 42.7 Å². The number of benzene rings is 2. The maximum atomic E-state index is 12.8. The van der Waals surface area contributed by atoms with E-state index in [1.165, 1.54) is 0 Å². The monoisotopic (exact) mass is 388 g/mol. The van der Waals surface area contributed by atoms with Crippen molar-refractivity contribution in [3.63, 3.8) is 0 Å². The quantitative estimate of drug-likeness (QED) is 0.698. The smallest absolute Gasteiger partial charge is 0.259 e. The van der Waals surface area contributed by atoms with Crippen molar-refractivity contribution in [1.29, 1.82) is 0 Å². The molecule has 1 saturated heterocycles. The topological polar surface area (TPSA) is 67.2 Å². The second kappa shape index (κ2) is 8.31. The zero-order valence-corrected chi connectivity index (χ0v) is 16.5. The molecule has 0 bridgehead atoms. The van der Waals surface area contributed by atoms with Crippen molar-refractivity contribution in [2.24, 2.45) is 0 Å². The van der Waals surface area contributed by atoms with Gasteiger partial charge in [0.1, 0.15) is 0 Å². The predicted octanol–water partition coefficient (Wildman–Crippen LogP) is 3.81. The summed E-state index contributed by atoms with van der Waals surface area (Å²) in [5, 5.41) is 7.37. The van der Waals surface area contributed by atoms with E-state index in [-0.39, 0.29) is 11.8 Å². The van der Waals surface area contributed by atoms with E-state index >= 15 is 0 Å². The first kappa shape index (κ1) is 18.9. The highest BCUT2D eigenvalue weighted by Gasteiger charge is 2.20. The summed E-state index contributed by atoms with van der Waals surface area (Å²) in [4.78, 5) is 26.5. The summed E-state index contributed by atoms with van der Waals surface area (Å²) in [6.07, 6.45) is 3.89. The van der Waals surface area contributed by atoms with Gasteiger partial charge in [0, 0.05) is 25.2 Å². The van der Waals surface area contributed by atoms with Crippen LogP contribution in [0.15, 0.2) is 60.8 Å². The molecule has 0 atom stereocenters. The molecule has 6 heteroatoms. The molecule has 1 aliphatic heterocycles. The predicted molar refractivity (Wildman–Crippen MR) is 112 cm³/mol. The molecule has 1 fully saturated rings. The number of para-hydroxylation sites is 1. The third-order valence-electron chi connectivity index (χ3n) is 5.21. The summed E-state index contributed by atoms with van der Waals surface area (Å²) >= 11 is 0. The largest absolute Gasteiger partial charge is 0.338 e. The van der Waals surface area contributed by atoms with Crippen molar-refractivity contribution in [2.75, 3.05) is 11.9 Å². The molecule has 148 valence electrons. The molecule has 1 N–H and O–H groups in total. The number of aromatic nitrogens is 2. The number of rotatable bonds is 6. The van der Waals surface area contributed by atoms with Gasteiger partial charge in [-0.1, -0.05) is 37.3 Å². The van der Waals surface area contributed by atoms with Crippen LogP contribution in [0.4, 0.5) is 5.69 Å². The van der Waals surface area contributed by atoms with Crippen LogP contribution >= 0.6 is 0 Å². The lowest BCUT2D eigenvalue weighted by Crippen LogP contribution is -2.23. The lowest BCUT2D eigenvalue weighted by Gasteiger charge is -2.15. The van der Waals surface area contributed by atoms with Crippen molar-refractivity contribution >= 4 is 17.5 Å². The number of nitrogens with one attached hydrogen (secondary N) is 1. The Morgan fingerprint density at radius 1 is 1.10 bits per heavy atom. The molecular formula is C23H24N4O2. The van der Waals surface area contributed by atoms with Crippen LogP contribution in [-0.4, -0.2) is 33.0 Å². The van der Waals surface area contributed by atoms with Gasteiger partial charge in [-0.25, -0.2) is 4.68 Å². The van der Waals surface area contributed by atoms with Crippen molar-refractivity contribution in [3.8, 4) is 5.69 Å². The van der Waals surface area contributed by atoms with Crippen molar-refractivity contribution in [2.45, 2.75) is 32.7 Å². The Morgan fingerprint density at radius 3 is 2.52 bits per heavy atom. The van der Waals surface area contributed by atoms with E-state index in [1.807, 2.05) is 71.1 Å². The summed E-state index contributed by atoms with van der Waals surface area (Å²) in [7, 11) is 0. The van der Waals surface area contributed by atoms with E-state index in [0.717, 1.165) is 35.6 Å². The fourth-order valence-electron chi connectivity index (χ4n) is 3.68. The molecule has 4 rings (SSSR count). The molecule has 1 aliphatic rings. The third-order valence-corrected chi connectivity index (χ3v) is 5.21. The highest BCUT2D eigenvalue weighted by atomic mass is 16.2. The van der Waals surface area contributed by atoms with Crippen LogP contribution in [0.5, 0.6) is 0 Å². The maximum Gasteiger partial charge on any atom is 0.259 e. The summed E-state index contributed by atoms with van der Waals surface area (Å²) in [6, 6.07) is 17.5. The third kappa shape index (κ3) is 4.06. The highest BCUT2D eigenvalue weighted by Crippen LogP contribution is 2.19. The number of carbonyl (C=O) groups is 2. The molecule has 0 spiro atoms. The number of carbonyl (C=O) groups excluding carboxylic acids is 2. The fraction of sp³-hybridized carbons (Fsp3) is 0.261. The molecule has 2 heterocycles. The van der Waals surface area contributed by atoms with E-state index in [2.05, 4.69) is 10.4 Å². The van der Waals surface area contributed by atoms with Crippen LogP contribution in [-0.2, 0) is 17.8 Å². The fourth-order valence-corrected chi connectivity index (χ4v) is 3.68. The number of amides is 2. The minimum atomic E-state index is -0.175. The van der Waals surface area contributed by atoms with E-state index in [0.29, 0.717) is 24.9 Å². The molecule has 0 radical (unpaired) electrons. The normalized spacial score (nSPS) is 13.7. The molecule has 2 aromatic carbocycles. The number of nitrogens with zero attached hydrogens (tertiary/aromatic N) is 3. The average Bonchev–Trinajstić information content (AvgIpc) is 3.36. The summed E-state index contributed by atoms with van der Waals surface area (Å²) < 4.78 is 1.81. The van der Waals surface area contributed by atoms with Crippen LogP contribution in [0.25, 0.3) is 5.69 Å². The Bertz CT molecular complexity index is 1010. The summed E-state index contributed by atoms with van der Waals surface area (Å²) in [6.45, 7) is 3.46. The molecule has 0 unspecified atom stereocenters. The lowest BCUT2D eigenvalue weighted by atomic mass is 10.1. The van der Waals surface area contributed by atoms with E-state index in [1.54, 1.807) is 6.20 Å². The van der Waals surface area contributed by atoms with Crippen molar-refractivity contribution in [1.82, 2.24) is 14.7 Å². The first-order chi connectivity index (χ1) is 14.2. The SMILES string of the molecule is CCc1c(C(=O)Nc2ccc(CN3CCCC3=O)cc2)cnn1-c1ccccc1. The number of hydrogen-bond donors (Lipinski definition) is 1. The van der Waals surface area contributed by atoms with Crippen LogP contribution in [0.1, 0.15) is 41.4 Å². The van der Waals surface area contributed by atoms with Crippen molar-refractivity contribution < 1.29 is 9.59 Å². The van der Waals surface area contributed by atoms with Gasteiger partial charge in [0.25, 0.3) is 5.91 Å². The lowest BCUT2D eigenvalue weighted by molar-refractivity contribution is -0.128. The minimum Gasteiger partial charge on any atom is -0.338 e. The van der Waals surface area contributed by atoms with Gasteiger partial charge in [-0.2, -0.15) is 5.10 Å². The van der Waals surface area contributed by atoms with Gasteiger partial charge >= 0.3 is 0 Å². The Labute approximate surface area is 170 Å². The zero-order chi connectivity index (χ0) is 20.2. The highest BCUT2D eigenvalue weighted by molar-refractivity contribution is 6.05. The van der Waals surface area contributed by atoms with Gasteiger partial charge < -0.3 is 10.2 Å². The summed E-state index contributed by atoms with van der Waals surface area (Å²) in [5.41, 5.74) is 4.16. The molecule has 6 nitrogen and oxygen atoms in total. The average molecular weight is 388 g/mol. The first-order valence-corrected chi connectivity index (χ1v) is 9.96. The van der Waals surface area contributed by atoms with Gasteiger partial charge in [0.2, 0.25) is 5.91 Å². The second-order valence-electron chi connectivity index (χ2n) is 7.18. The molecule has 2 amide bonds. The zero-order valence-electron chi connectivity index (χ0n) is 16.5. The maximum absolute atomic E-state index is 12.8. The number of anilines is 1. The molecular weight excluding hydrogens is 364 g/mol. The Morgan fingerprint density at radius 2 is 1.86 bits per heavy atom. The Hall–Kier alpha value is -3.41. The van der Waals surface area contributed by atoms with E-state index in [4.69, 9.17) is 0 Å². The molecule has 1 aromatic heterocycles. The summed E-state index contributed by atoms with van der Waals surface area (Å²) in [5.74, 6) is 0.0383. The van der Waals surface area contributed by atoms with Gasteiger partial charge in [0.15, 0.2) is 0 Å². The Balaban J connectivity index is 1.47. The van der Waals surface area contributed by atoms with E-state index in [9.17, 15) is 9.59 Å². The molecule has 29 heavy (non-hydrogen) atoms. The number of hydrogen-bond acceptors (Lipinski definition) is 3. The van der Waals surface area contributed by atoms with Crippen LogP contribution < -0.4 is 5.32 Å². The number of likely N-dealkylation sites (tertiary alicyclic amines) is 1. The molecule has 0 aliphatic carbocycles. The molecule has 0 saturated carbocycles. The van der Waals surface area contributed by atoms with Gasteiger partial charge in [-0.15, -0.1) is 0 Å². The second-order valence-corrected chi connectivity index (χ2v) is 7.18. The minimum absolute atomic E-state index is 0.175. The standard InChI is InChI=1S/C23H24N4O2/c1-2-21-20(15-24-27(21)19-7-4-3-5-8-19)23(29)25-18-12-10-17(11-13-18)16-26-14-6-9-22(26)28/h3-5,7-8,10-13,15H,2,6,9,14,16H2,1H3,(H,25,29). The van der Waals surface area contributed by atoms with E-state index < -0.39 is 0 Å². The van der Waals surface area contributed by atoms with Crippen LogP contribution in [0.2, 0.25) is 0 Å². The van der Waals surface area contributed by atoms with Crippen LogP contribution in [0.3, 0.4) is 0 Å². The van der Waals surface area contributed by atoms with Crippen LogP contribution in [0, 0.1) is 0 Å². The van der Waals surface area contributed by atoms with Gasteiger partial charge in [0.05, 0.1) is 23.1 Å². The first-order valence-electron chi connectivity index (χ1n) is 9.96. The van der Waals surface area contributed by atoms with Crippen molar-refractivity contribution in [3.05, 3.63) is 77.6 Å².